The van der Waals surface area contributed by atoms with Crippen LogP contribution in [0.3, 0.4) is 0 Å². The number of allylic oxidation sites excluding steroid dienone is 1. The van der Waals surface area contributed by atoms with E-state index < -0.39 is 0 Å². The summed E-state index contributed by atoms with van der Waals surface area (Å²) in [5.74, 6) is 0. The van der Waals surface area contributed by atoms with Gasteiger partial charge in [-0.25, -0.2) is 0 Å². The van der Waals surface area contributed by atoms with Gasteiger partial charge in [-0.3, -0.25) is 4.90 Å². The highest BCUT2D eigenvalue weighted by atomic mass is 127. The average molecular weight is 341 g/mol. The number of nitrogens with zero attached hydrogens (tertiary/aromatic N) is 1. The summed E-state index contributed by atoms with van der Waals surface area (Å²) in [7, 11) is 2.20. The monoisotopic (exact) mass is 341 g/mol. The predicted molar refractivity (Wildman–Crippen MR) is 82.6 cm³/mol. The Morgan fingerprint density at radius 1 is 1.18 bits per heavy atom. The molecule has 0 heterocycles. The molecule has 2 rings (SSSR count). The van der Waals surface area contributed by atoms with Crippen molar-refractivity contribution >= 4 is 22.6 Å². The van der Waals surface area contributed by atoms with Crippen molar-refractivity contribution in [2.75, 3.05) is 7.05 Å². The van der Waals surface area contributed by atoms with Crippen molar-refractivity contribution in [3.05, 3.63) is 47.0 Å². The summed E-state index contributed by atoms with van der Waals surface area (Å²) < 4.78 is 0.572. The molecule has 0 N–H and O–H groups in total. The molecule has 1 unspecified atom stereocenters. The van der Waals surface area contributed by atoms with Crippen LogP contribution in [0, 0.1) is 0 Å². The Morgan fingerprint density at radius 2 is 1.71 bits per heavy atom. The van der Waals surface area contributed by atoms with Crippen molar-refractivity contribution < 1.29 is 0 Å². The fourth-order valence-electron chi connectivity index (χ4n) is 2.35. The van der Waals surface area contributed by atoms with Crippen LogP contribution in [0.4, 0.5) is 0 Å². The van der Waals surface area contributed by atoms with Crippen LogP contribution < -0.4 is 0 Å². The number of likely N-dealkylation sites (N-methyl/N-ethyl adjacent to an activating group) is 1. The van der Waals surface area contributed by atoms with Gasteiger partial charge in [0, 0.05) is 6.04 Å². The van der Waals surface area contributed by atoms with Crippen LogP contribution in [0.15, 0.2) is 35.9 Å². The summed E-state index contributed by atoms with van der Waals surface area (Å²) in [6.07, 6.45) is 4.73. The topological polar surface area (TPSA) is 3.24 Å². The fraction of sp³-hybridized carbons (Fsp3) is 0.467. The fourth-order valence-corrected chi connectivity index (χ4v) is 2.86. The van der Waals surface area contributed by atoms with Crippen LogP contribution in [0.2, 0.25) is 0 Å². The predicted octanol–water partition coefficient (Wildman–Crippen LogP) is 3.81. The quantitative estimate of drug-likeness (QED) is 0.350. The van der Waals surface area contributed by atoms with Gasteiger partial charge in [0.15, 0.2) is 0 Å². The molecule has 1 nitrogen and oxygen atoms in total. The van der Waals surface area contributed by atoms with E-state index in [9.17, 15) is 0 Å². The molecule has 1 aliphatic rings. The number of benzene rings is 1. The Balaban J connectivity index is 2.07. The third-order valence-electron chi connectivity index (χ3n) is 3.63. The first-order valence-electron chi connectivity index (χ1n) is 6.20. The van der Waals surface area contributed by atoms with Crippen LogP contribution >= 0.6 is 22.6 Å². The lowest BCUT2D eigenvalue weighted by Crippen LogP contribution is -2.32. The molecule has 0 radical (unpaired) electrons. The van der Waals surface area contributed by atoms with Gasteiger partial charge < -0.3 is 0 Å². The number of hydrogen-bond acceptors (Lipinski definition) is 1. The lowest BCUT2D eigenvalue weighted by molar-refractivity contribution is 0.300. The minimum Gasteiger partial charge on any atom is -0.289 e. The molecule has 2 atom stereocenters. The van der Waals surface area contributed by atoms with Gasteiger partial charge in [-0.05, 0) is 44.9 Å². The SMILES string of the molecule is CC(C=C1Cc2ccccc2C1)N(C)[C@@H](C)I. The molecule has 1 aromatic carbocycles. The molecular weight excluding hydrogens is 321 g/mol. The summed E-state index contributed by atoms with van der Waals surface area (Å²) in [5, 5.41) is 0. The van der Waals surface area contributed by atoms with Crippen LogP contribution in [0.5, 0.6) is 0 Å². The first-order valence-corrected chi connectivity index (χ1v) is 7.45. The summed E-state index contributed by atoms with van der Waals surface area (Å²) in [4.78, 5) is 2.40. The second kappa shape index (κ2) is 5.53. The van der Waals surface area contributed by atoms with Gasteiger partial charge in [-0.2, -0.15) is 0 Å². The zero-order chi connectivity index (χ0) is 12.4. The second-order valence-electron chi connectivity index (χ2n) is 4.93. The van der Waals surface area contributed by atoms with Gasteiger partial charge in [0.2, 0.25) is 0 Å². The lowest BCUT2D eigenvalue weighted by Gasteiger charge is -2.25. The van der Waals surface area contributed by atoms with E-state index in [1.54, 1.807) is 5.57 Å². The van der Waals surface area contributed by atoms with E-state index in [0.29, 0.717) is 10.1 Å². The molecule has 2 heteroatoms. The van der Waals surface area contributed by atoms with Crippen molar-refractivity contribution in [1.82, 2.24) is 4.90 Å². The summed E-state index contributed by atoms with van der Waals surface area (Å²) in [5.41, 5.74) is 4.59. The standard InChI is InChI=1S/C15H20IN/c1-11(17(3)12(2)16)8-13-9-14-6-4-5-7-15(14)10-13/h4-8,11-12H,9-10H2,1-3H3/t11?,12-/m0/s1. The Labute approximate surface area is 118 Å². The molecule has 0 aromatic heterocycles. The Morgan fingerprint density at radius 3 is 2.18 bits per heavy atom. The second-order valence-corrected chi connectivity index (χ2v) is 6.73. The summed E-state index contributed by atoms with van der Waals surface area (Å²) in [6.45, 7) is 4.52. The van der Waals surface area contributed by atoms with Gasteiger partial charge in [-0.15, -0.1) is 0 Å². The highest BCUT2D eigenvalue weighted by molar-refractivity contribution is 14.1. The van der Waals surface area contributed by atoms with Crippen LogP contribution in [0.1, 0.15) is 25.0 Å². The van der Waals surface area contributed by atoms with Crippen LogP contribution in [-0.2, 0) is 12.8 Å². The zero-order valence-corrected chi connectivity index (χ0v) is 12.9. The molecule has 0 fully saturated rings. The molecule has 0 amide bonds. The maximum Gasteiger partial charge on any atom is 0.0592 e. The van der Waals surface area contributed by atoms with Crippen molar-refractivity contribution in [1.29, 1.82) is 0 Å². The Bertz CT molecular complexity index is 396. The number of rotatable bonds is 3. The van der Waals surface area contributed by atoms with E-state index in [4.69, 9.17) is 0 Å². The van der Waals surface area contributed by atoms with Crippen molar-refractivity contribution in [3.8, 4) is 0 Å². The van der Waals surface area contributed by atoms with Gasteiger partial charge in [0.25, 0.3) is 0 Å². The van der Waals surface area contributed by atoms with E-state index in [2.05, 4.69) is 78.7 Å². The maximum atomic E-state index is 2.47. The Hall–Kier alpha value is -0.350. The van der Waals surface area contributed by atoms with E-state index in [1.807, 2.05) is 0 Å². The highest BCUT2D eigenvalue weighted by Gasteiger charge is 2.17. The first kappa shape index (κ1) is 13.1. The third-order valence-corrected chi connectivity index (χ3v) is 4.51. The Kier molecular flexibility index (Phi) is 4.26. The average Bonchev–Trinajstić information content (AvgIpc) is 2.69. The largest absolute Gasteiger partial charge is 0.289 e. The maximum absolute atomic E-state index is 2.47. The molecule has 17 heavy (non-hydrogen) atoms. The molecule has 92 valence electrons. The van der Waals surface area contributed by atoms with Gasteiger partial charge in [0.1, 0.15) is 0 Å². The molecule has 0 saturated heterocycles. The first-order chi connectivity index (χ1) is 8.08. The van der Waals surface area contributed by atoms with Crippen molar-refractivity contribution in [3.63, 3.8) is 0 Å². The smallest absolute Gasteiger partial charge is 0.0592 e. The highest BCUT2D eigenvalue weighted by Crippen LogP contribution is 2.26. The van der Waals surface area contributed by atoms with Gasteiger partial charge >= 0.3 is 0 Å². The van der Waals surface area contributed by atoms with Crippen LogP contribution in [-0.4, -0.2) is 22.0 Å². The van der Waals surface area contributed by atoms with Crippen molar-refractivity contribution in [2.45, 2.75) is 36.8 Å². The summed E-state index contributed by atoms with van der Waals surface area (Å²) >= 11 is 2.47. The minimum atomic E-state index is 0.520. The zero-order valence-electron chi connectivity index (χ0n) is 10.8. The van der Waals surface area contributed by atoms with Crippen LogP contribution in [0.25, 0.3) is 0 Å². The minimum absolute atomic E-state index is 0.520. The molecule has 0 saturated carbocycles. The molecule has 0 aliphatic heterocycles. The van der Waals surface area contributed by atoms with E-state index in [0.717, 1.165) is 12.8 Å². The van der Waals surface area contributed by atoms with E-state index in [-0.39, 0.29) is 0 Å². The van der Waals surface area contributed by atoms with E-state index in [1.165, 1.54) is 11.1 Å². The van der Waals surface area contributed by atoms with Gasteiger partial charge in [0.05, 0.1) is 4.05 Å². The molecule has 0 bridgehead atoms. The number of fused-ring (bicyclic) bond motifs is 1. The molecule has 1 aliphatic carbocycles. The number of alkyl halides is 1. The molecular formula is C15H20IN. The van der Waals surface area contributed by atoms with Crippen molar-refractivity contribution in [2.24, 2.45) is 0 Å². The third kappa shape index (κ3) is 3.10. The number of hydrogen-bond donors (Lipinski definition) is 0. The number of halogens is 1. The summed E-state index contributed by atoms with van der Waals surface area (Å²) in [6, 6.07) is 9.32. The van der Waals surface area contributed by atoms with Gasteiger partial charge in [-0.1, -0.05) is 58.5 Å². The molecule has 0 spiro atoms. The van der Waals surface area contributed by atoms with E-state index >= 15 is 0 Å². The lowest BCUT2D eigenvalue weighted by atomic mass is 10.1. The molecule has 1 aromatic rings. The normalized spacial score (nSPS) is 18.1.